The number of aromatic nitrogens is 2. The highest BCUT2D eigenvalue weighted by Crippen LogP contribution is 2.24. The van der Waals surface area contributed by atoms with Gasteiger partial charge in [0.2, 0.25) is 0 Å². The van der Waals surface area contributed by atoms with E-state index in [1.54, 1.807) is 4.57 Å². The summed E-state index contributed by atoms with van der Waals surface area (Å²) in [5, 5.41) is 0.640. The van der Waals surface area contributed by atoms with Gasteiger partial charge in [-0.3, -0.25) is 9.36 Å². The highest BCUT2D eigenvalue weighted by atomic mass is 127. The second kappa shape index (κ2) is 6.66. The van der Waals surface area contributed by atoms with Crippen molar-refractivity contribution in [2.45, 2.75) is 19.3 Å². The Labute approximate surface area is 148 Å². The van der Waals surface area contributed by atoms with Crippen molar-refractivity contribution in [2.24, 2.45) is 0 Å². The van der Waals surface area contributed by atoms with Crippen LogP contribution in [0.5, 0.6) is 0 Å². The lowest BCUT2D eigenvalue weighted by molar-refractivity contribution is 0.676. The van der Waals surface area contributed by atoms with Crippen molar-refractivity contribution in [1.82, 2.24) is 9.55 Å². The highest BCUT2D eigenvalue weighted by molar-refractivity contribution is 14.1. The Bertz CT molecular complexity index is 930. The van der Waals surface area contributed by atoms with Crippen LogP contribution < -0.4 is 5.56 Å². The first-order valence-corrected chi connectivity index (χ1v) is 8.59. The molecule has 3 rings (SSSR count). The van der Waals surface area contributed by atoms with E-state index in [1.807, 2.05) is 54.6 Å². The lowest BCUT2D eigenvalue weighted by atomic mass is 10.1. The molecule has 0 amide bonds. The molecule has 0 spiro atoms. The Morgan fingerprint density at radius 2 is 1.91 bits per heavy atom. The maximum Gasteiger partial charge on any atom is 0.266 e. The summed E-state index contributed by atoms with van der Waals surface area (Å²) < 4.78 is 2.77. The molecule has 0 bridgehead atoms. The summed E-state index contributed by atoms with van der Waals surface area (Å²) in [6.07, 6.45) is 2.64. The van der Waals surface area contributed by atoms with Gasteiger partial charge in [0.25, 0.3) is 5.56 Å². The molecule has 0 fully saturated rings. The minimum atomic E-state index is -0.0226. The van der Waals surface area contributed by atoms with Crippen LogP contribution in [-0.2, 0) is 0 Å². The maximum atomic E-state index is 13.1. The topological polar surface area (TPSA) is 34.9 Å². The third-order valence-electron chi connectivity index (χ3n) is 3.86. The van der Waals surface area contributed by atoms with Gasteiger partial charge in [0.1, 0.15) is 5.82 Å². The Morgan fingerprint density at radius 3 is 2.65 bits per heavy atom. The summed E-state index contributed by atoms with van der Waals surface area (Å²) in [5.41, 5.74) is 1.60. The summed E-state index contributed by atoms with van der Waals surface area (Å²) in [6, 6.07) is 15.4. The van der Waals surface area contributed by atoms with Gasteiger partial charge in [-0.15, -0.1) is 6.58 Å². The number of rotatable bonds is 4. The molecule has 0 radical (unpaired) electrons. The van der Waals surface area contributed by atoms with Gasteiger partial charge in [-0.25, -0.2) is 4.98 Å². The van der Waals surface area contributed by atoms with Crippen molar-refractivity contribution in [2.75, 3.05) is 0 Å². The number of fused-ring (bicyclic) bond motifs is 1. The number of hydrogen-bond donors (Lipinski definition) is 0. The first kappa shape index (κ1) is 15.9. The number of halogens is 1. The maximum absolute atomic E-state index is 13.1. The average Bonchev–Trinajstić information content (AvgIpc) is 2.56. The van der Waals surface area contributed by atoms with Crippen LogP contribution in [-0.4, -0.2) is 9.55 Å². The number of nitrogens with zero attached hydrogens (tertiary/aromatic N) is 2. The third-order valence-corrected chi connectivity index (χ3v) is 4.77. The van der Waals surface area contributed by atoms with Crippen molar-refractivity contribution in [3.63, 3.8) is 0 Å². The Balaban J connectivity index is 2.40. The van der Waals surface area contributed by atoms with Crippen LogP contribution in [0.1, 0.15) is 25.1 Å². The number of hydrogen-bond acceptors (Lipinski definition) is 2. The predicted octanol–water partition coefficient (Wildman–Crippen LogP) is 4.67. The van der Waals surface area contributed by atoms with E-state index in [0.29, 0.717) is 5.39 Å². The Morgan fingerprint density at radius 1 is 1.22 bits per heavy atom. The molecular weight excluding hydrogens is 399 g/mol. The second-order valence-electron chi connectivity index (χ2n) is 5.50. The number of para-hydroxylation sites is 2. The van der Waals surface area contributed by atoms with E-state index in [1.165, 1.54) is 0 Å². The molecule has 3 nitrogen and oxygen atoms in total. The minimum absolute atomic E-state index is 0.0226. The van der Waals surface area contributed by atoms with E-state index in [2.05, 4.69) is 36.1 Å². The van der Waals surface area contributed by atoms with Crippen molar-refractivity contribution in [1.29, 1.82) is 0 Å². The molecule has 0 saturated heterocycles. The van der Waals surface area contributed by atoms with Crippen LogP contribution in [0.2, 0.25) is 0 Å². The van der Waals surface area contributed by atoms with Gasteiger partial charge in [-0.2, -0.15) is 0 Å². The molecule has 1 heterocycles. The molecule has 0 aliphatic rings. The van der Waals surface area contributed by atoms with Crippen molar-refractivity contribution >= 4 is 33.5 Å². The Kier molecular flexibility index (Phi) is 4.61. The molecule has 0 aliphatic heterocycles. The molecule has 2 aromatic carbocycles. The molecule has 0 N–H and O–H groups in total. The van der Waals surface area contributed by atoms with E-state index < -0.39 is 0 Å². The second-order valence-corrected chi connectivity index (χ2v) is 6.67. The van der Waals surface area contributed by atoms with Gasteiger partial charge in [0, 0.05) is 9.49 Å². The van der Waals surface area contributed by atoms with Crippen LogP contribution in [0.15, 0.2) is 66.0 Å². The number of benzene rings is 2. The molecule has 4 heteroatoms. The Hall–Kier alpha value is -1.95. The fourth-order valence-corrected chi connectivity index (χ4v) is 3.33. The molecule has 1 atom stereocenters. The molecular formula is C19H17IN2O. The van der Waals surface area contributed by atoms with Crippen LogP contribution in [0.4, 0.5) is 0 Å². The lowest BCUT2D eigenvalue weighted by Crippen LogP contribution is -2.25. The number of allylic oxidation sites excluding steroid dienone is 1. The monoisotopic (exact) mass is 416 g/mol. The highest BCUT2D eigenvalue weighted by Gasteiger charge is 2.18. The molecule has 3 aromatic rings. The van der Waals surface area contributed by atoms with Crippen molar-refractivity contribution in [3.8, 4) is 5.69 Å². The van der Waals surface area contributed by atoms with Gasteiger partial charge in [-0.1, -0.05) is 37.3 Å². The van der Waals surface area contributed by atoms with E-state index in [9.17, 15) is 4.79 Å². The van der Waals surface area contributed by atoms with Gasteiger partial charge in [0.15, 0.2) is 0 Å². The largest absolute Gasteiger partial charge is 0.268 e. The first-order valence-electron chi connectivity index (χ1n) is 7.51. The van der Waals surface area contributed by atoms with Gasteiger partial charge in [-0.05, 0) is 53.3 Å². The molecule has 0 saturated carbocycles. The standard InChI is InChI=1S/C19H17IN2O/c1-3-8-13(2)18-21-16-11-6-4-9-14(16)19(23)22(18)17-12-7-5-10-15(17)20/h3-7,9-13H,1,8H2,2H3/t13-/m0/s1. The first-order chi connectivity index (χ1) is 11.1. The fraction of sp³-hybridized carbons (Fsp3) is 0.158. The summed E-state index contributed by atoms with van der Waals surface area (Å²) in [5.74, 6) is 0.888. The van der Waals surface area contributed by atoms with Crippen LogP contribution in [0.25, 0.3) is 16.6 Å². The van der Waals surface area contributed by atoms with Crippen LogP contribution >= 0.6 is 22.6 Å². The molecule has 0 aliphatic carbocycles. The third kappa shape index (κ3) is 2.95. The van der Waals surface area contributed by atoms with Gasteiger partial charge in [0.05, 0.1) is 16.6 Å². The molecule has 23 heavy (non-hydrogen) atoms. The van der Waals surface area contributed by atoms with Crippen LogP contribution in [0.3, 0.4) is 0 Å². The minimum Gasteiger partial charge on any atom is -0.268 e. The van der Waals surface area contributed by atoms with Gasteiger partial charge >= 0.3 is 0 Å². The molecule has 0 unspecified atom stereocenters. The zero-order valence-corrected chi connectivity index (χ0v) is 15.0. The summed E-state index contributed by atoms with van der Waals surface area (Å²) in [4.78, 5) is 17.9. The molecule has 1 aromatic heterocycles. The van der Waals surface area contributed by atoms with E-state index in [-0.39, 0.29) is 11.5 Å². The zero-order valence-electron chi connectivity index (χ0n) is 12.9. The summed E-state index contributed by atoms with van der Waals surface area (Å²) >= 11 is 2.26. The van der Waals surface area contributed by atoms with Crippen molar-refractivity contribution in [3.05, 3.63) is 80.9 Å². The van der Waals surface area contributed by atoms with Crippen LogP contribution in [0, 0.1) is 3.57 Å². The van der Waals surface area contributed by atoms with E-state index >= 15 is 0 Å². The predicted molar refractivity (Wildman–Crippen MR) is 103 cm³/mol. The van der Waals surface area contributed by atoms with E-state index in [0.717, 1.165) is 27.0 Å². The summed E-state index contributed by atoms with van der Waals surface area (Å²) in [6.45, 7) is 5.89. The quantitative estimate of drug-likeness (QED) is 0.458. The summed E-state index contributed by atoms with van der Waals surface area (Å²) in [7, 11) is 0. The normalized spacial score (nSPS) is 12.3. The smallest absolute Gasteiger partial charge is 0.266 e. The average molecular weight is 416 g/mol. The fourth-order valence-electron chi connectivity index (χ4n) is 2.70. The van der Waals surface area contributed by atoms with E-state index in [4.69, 9.17) is 4.98 Å². The van der Waals surface area contributed by atoms with Gasteiger partial charge < -0.3 is 0 Å². The molecule has 116 valence electrons. The lowest BCUT2D eigenvalue weighted by Gasteiger charge is -2.18. The SMILES string of the molecule is C=CC[C@H](C)c1nc2ccccc2c(=O)n1-c1ccccc1I. The van der Waals surface area contributed by atoms with Crippen molar-refractivity contribution < 1.29 is 0 Å². The zero-order chi connectivity index (χ0) is 16.4.